The van der Waals surface area contributed by atoms with E-state index in [1.165, 1.54) is 18.3 Å². The monoisotopic (exact) mass is 452 g/mol. The number of carbonyl (C=O) groups excluding carboxylic acids is 1. The lowest BCUT2D eigenvalue weighted by Crippen LogP contribution is -2.23. The number of carbonyl (C=O) groups is 1. The number of rotatable bonds is 7. The Morgan fingerprint density at radius 3 is 2.74 bits per heavy atom. The van der Waals surface area contributed by atoms with Crippen LogP contribution in [0.25, 0.3) is 10.4 Å². The van der Waals surface area contributed by atoms with Crippen molar-refractivity contribution in [3.8, 4) is 10.4 Å². The normalized spacial score (nSPS) is 13.5. The zero-order valence-electron chi connectivity index (χ0n) is 16.6. The van der Waals surface area contributed by atoms with Crippen molar-refractivity contribution in [2.24, 2.45) is 0 Å². The number of alkyl halides is 3. The predicted octanol–water partition coefficient (Wildman–Crippen LogP) is 4.52. The molecule has 0 saturated heterocycles. The van der Waals surface area contributed by atoms with Gasteiger partial charge < -0.3 is 15.2 Å². The molecule has 2 aromatic heterocycles. The summed E-state index contributed by atoms with van der Waals surface area (Å²) in [5.74, 6) is -0.602. The second-order valence-corrected chi connectivity index (χ2v) is 7.89. The number of ether oxygens (including phenoxy) is 1. The van der Waals surface area contributed by atoms with Gasteiger partial charge in [0.15, 0.2) is 0 Å². The molecule has 0 spiro atoms. The number of nitrogens with zero attached hydrogens (tertiary/aromatic N) is 3. The van der Waals surface area contributed by atoms with Crippen molar-refractivity contribution in [2.45, 2.75) is 32.0 Å². The van der Waals surface area contributed by atoms with Crippen LogP contribution in [0.1, 0.15) is 31.0 Å². The minimum Gasteiger partial charge on any atom is -0.466 e. The molecule has 11 heteroatoms. The van der Waals surface area contributed by atoms with Crippen LogP contribution in [0.2, 0.25) is 0 Å². The lowest BCUT2D eigenvalue weighted by atomic mass is 10.0. The SMILES string of the molecule is CC(=O)OCCC(C)(O)c1ncc(-c2cccc(Nc3nccc(C(F)(F)F)n3)c2)s1. The minimum atomic E-state index is -4.56. The van der Waals surface area contributed by atoms with Gasteiger partial charge in [-0.3, -0.25) is 4.79 Å². The number of benzene rings is 1. The Kier molecular flexibility index (Phi) is 6.56. The van der Waals surface area contributed by atoms with E-state index in [1.54, 1.807) is 31.3 Å². The van der Waals surface area contributed by atoms with Gasteiger partial charge in [0.1, 0.15) is 16.3 Å². The van der Waals surface area contributed by atoms with Crippen LogP contribution < -0.4 is 5.32 Å². The fourth-order valence-corrected chi connectivity index (χ4v) is 3.60. The number of hydrogen-bond donors (Lipinski definition) is 2. The summed E-state index contributed by atoms with van der Waals surface area (Å²) in [5, 5.41) is 13.9. The second-order valence-electron chi connectivity index (χ2n) is 6.86. The van der Waals surface area contributed by atoms with Crippen molar-refractivity contribution in [1.29, 1.82) is 0 Å². The summed E-state index contributed by atoms with van der Waals surface area (Å²) >= 11 is 1.26. The quantitative estimate of drug-likeness (QED) is 0.509. The van der Waals surface area contributed by atoms with Crippen molar-refractivity contribution in [2.75, 3.05) is 11.9 Å². The number of esters is 1. The molecule has 1 unspecified atom stereocenters. The van der Waals surface area contributed by atoms with Crippen LogP contribution >= 0.6 is 11.3 Å². The molecule has 0 amide bonds. The molecule has 0 fully saturated rings. The number of thiazole rings is 1. The minimum absolute atomic E-state index is 0.0631. The molecule has 0 aliphatic rings. The molecule has 2 N–H and O–H groups in total. The van der Waals surface area contributed by atoms with E-state index in [4.69, 9.17) is 4.74 Å². The lowest BCUT2D eigenvalue weighted by Gasteiger charge is -2.19. The molecule has 0 saturated carbocycles. The number of hydrogen-bond acceptors (Lipinski definition) is 8. The first-order valence-electron chi connectivity index (χ1n) is 9.14. The Balaban J connectivity index is 1.76. The van der Waals surface area contributed by atoms with Crippen LogP contribution in [0.15, 0.2) is 42.7 Å². The maximum Gasteiger partial charge on any atom is 0.433 e. The summed E-state index contributed by atoms with van der Waals surface area (Å²) < 4.78 is 43.4. The first-order chi connectivity index (χ1) is 14.5. The van der Waals surface area contributed by atoms with Gasteiger partial charge in [0.05, 0.1) is 11.5 Å². The molecule has 3 aromatic rings. The largest absolute Gasteiger partial charge is 0.466 e. The van der Waals surface area contributed by atoms with Gasteiger partial charge >= 0.3 is 12.1 Å². The van der Waals surface area contributed by atoms with Gasteiger partial charge in [0, 0.05) is 31.4 Å². The van der Waals surface area contributed by atoms with Gasteiger partial charge in [-0.2, -0.15) is 13.2 Å². The van der Waals surface area contributed by atoms with E-state index in [0.717, 1.165) is 22.7 Å². The molecule has 2 heterocycles. The van der Waals surface area contributed by atoms with Crippen molar-refractivity contribution in [1.82, 2.24) is 15.0 Å². The number of aromatic nitrogens is 3. The Morgan fingerprint density at radius 2 is 2.03 bits per heavy atom. The van der Waals surface area contributed by atoms with E-state index in [-0.39, 0.29) is 19.0 Å². The summed E-state index contributed by atoms with van der Waals surface area (Å²) in [4.78, 5) is 23.2. The van der Waals surface area contributed by atoms with Crippen LogP contribution in [-0.4, -0.2) is 32.6 Å². The molecule has 0 aliphatic heterocycles. The third-order valence-electron chi connectivity index (χ3n) is 4.21. The van der Waals surface area contributed by atoms with Crippen molar-refractivity contribution >= 4 is 28.9 Å². The summed E-state index contributed by atoms with van der Waals surface area (Å²) in [6, 6.07) is 7.72. The first kappa shape index (κ1) is 22.6. The van der Waals surface area contributed by atoms with Gasteiger partial charge in [0.25, 0.3) is 0 Å². The van der Waals surface area contributed by atoms with Crippen LogP contribution in [0.4, 0.5) is 24.8 Å². The highest BCUT2D eigenvalue weighted by Gasteiger charge is 2.32. The van der Waals surface area contributed by atoms with Gasteiger partial charge in [-0.1, -0.05) is 12.1 Å². The molecule has 164 valence electrons. The fraction of sp³-hybridized carbons (Fsp3) is 0.300. The highest BCUT2D eigenvalue weighted by molar-refractivity contribution is 7.15. The number of anilines is 2. The highest BCUT2D eigenvalue weighted by Crippen LogP contribution is 2.35. The average Bonchev–Trinajstić information content (AvgIpc) is 3.19. The van der Waals surface area contributed by atoms with Gasteiger partial charge in [-0.05, 0) is 30.7 Å². The second kappa shape index (κ2) is 8.98. The topological polar surface area (TPSA) is 97.2 Å². The standard InChI is InChI=1S/C20H19F3N4O3S/c1-12(28)30-9-7-19(2,29)17-25-11-15(31-17)13-4-3-5-14(10-13)26-18-24-8-6-16(27-18)20(21,22)23/h3-6,8,10-11,29H,7,9H2,1-2H3,(H,24,26,27). The molecule has 0 radical (unpaired) electrons. The Hall–Kier alpha value is -3.05. The van der Waals surface area contributed by atoms with Crippen molar-refractivity contribution in [3.63, 3.8) is 0 Å². The van der Waals surface area contributed by atoms with Gasteiger partial charge in [0.2, 0.25) is 5.95 Å². The summed E-state index contributed by atoms with van der Waals surface area (Å²) in [5.41, 5.74) is -1.07. The maximum atomic E-state index is 12.8. The van der Waals surface area contributed by atoms with Gasteiger partial charge in [-0.15, -0.1) is 11.3 Å². The molecule has 0 aliphatic carbocycles. The van der Waals surface area contributed by atoms with E-state index in [9.17, 15) is 23.1 Å². The Bertz CT molecular complexity index is 1070. The third-order valence-corrected chi connectivity index (χ3v) is 5.51. The average molecular weight is 452 g/mol. The smallest absolute Gasteiger partial charge is 0.433 e. The molecule has 0 bridgehead atoms. The Morgan fingerprint density at radius 1 is 1.26 bits per heavy atom. The number of halogens is 3. The van der Waals surface area contributed by atoms with E-state index in [2.05, 4.69) is 20.3 Å². The van der Waals surface area contributed by atoms with Crippen molar-refractivity contribution < 1.29 is 27.8 Å². The molecular formula is C20H19F3N4O3S. The van der Waals surface area contributed by atoms with Crippen molar-refractivity contribution in [3.05, 3.63) is 53.4 Å². The molecular weight excluding hydrogens is 433 g/mol. The van der Waals surface area contributed by atoms with Crippen LogP contribution in [0.5, 0.6) is 0 Å². The molecule has 1 atom stereocenters. The van der Waals surface area contributed by atoms with E-state index >= 15 is 0 Å². The third kappa shape index (κ3) is 5.98. The van der Waals surface area contributed by atoms with Crippen LogP contribution in [0, 0.1) is 0 Å². The lowest BCUT2D eigenvalue weighted by molar-refractivity contribution is -0.142. The summed E-state index contributed by atoms with van der Waals surface area (Å²) in [7, 11) is 0. The predicted molar refractivity (Wildman–Crippen MR) is 109 cm³/mol. The summed E-state index contributed by atoms with van der Waals surface area (Å²) in [6.45, 7) is 2.94. The highest BCUT2D eigenvalue weighted by atomic mass is 32.1. The van der Waals surface area contributed by atoms with Crippen LogP contribution in [-0.2, 0) is 21.3 Å². The van der Waals surface area contributed by atoms with Crippen LogP contribution in [0.3, 0.4) is 0 Å². The Labute approximate surface area is 180 Å². The first-order valence-corrected chi connectivity index (χ1v) is 9.96. The van der Waals surface area contributed by atoms with Gasteiger partial charge in [-0.25, -0.2) is 15.0 Å². The molecule has 31 heavy (non-hydrogen) atoms. The number of nitrogens with one attached hydrogen (secondary N) is 1. The summed E-state index contributed by atoms with van der Waals surface area (Å²) in [6.07, 6.45) is -1.74. The van der Waals surface area contributed by atoms with E-state index < -0.39 is 23.4 Å². The van der Waals surface area contributed by atoms with E-state index in [1.807, 2.05) is 6.07 Å². The zero-order chi connectivity index (χ0) is 22.6. The maximum absolute atomic E-state index is 12.8. The molecule has 7 nitrogen and oxygen atoms in total. The number of aliphatic hydroxyl groups is 1. The zero-order valence-corrected chi connectivity index (χ0v) is 17.4. The molecule has 1 aromatic carbocycles. The van der Waals surface area contributed by atoms with E-state index in [0.29, 0.717) is 10.7 Å². The fourth-order valence-electron chi connectivity index (χ4n) is 2.61. The molecule has 3 rings (SSSR count).